The molecule has 0 spiro atoms. The Hall–Kier alpha value is -0.420. The smallest absolute Gasteiger partial charge is 0.145 e. The van der Waals surface area contributed by atoms with Gasteiger partial charge < -0.3 is 14.4 Å². The predicted octanol–water partition coefficient (Wildman–Crippen LogP) is 5.71. The van der Waals surface area contributed by atoms with Crippen molar-refractivity contribution >= 4 is 23.4 Å². The number of rotatable bonds is 6. The molecule has 1 aromatic carbocycles. The van der Waals surface area contributed by atoms with E-state index in [9.17, 15) is 0 Å². The second-order valence-corrected chi connectivity index (χ2v) is 11.4. The van der Waals surface area contributed by atoms with Crippen LogP contribution >= 0.6 is 23.4 Å². The molecule has 0 N–H and O–H groups in total. The van der Waals surface area contributed by atoms with E-state index in [1.54, 1.807) is 0 Å². The molecule has 3 unspecified atom stereocenters. The minimum absolute atomic E-state index is 0.253. The molecule has 5 heteroatoms. The van der Waals surface area contributed by atoms with Crippen molar-refractivity contribution in [2.75, 3.05) is 26.2 Å². The molecule has 0 aliphatic carbocycles. The van der Waals surface area contributed by atoms with Crippen LogP contribution in [0.15, 0.2) is 24.3 Å². The van der Waals surface area contributed by atoms with E-state index >= 15 is 0 Å². The predicted molar refractivity (Wildman–Crippen MR) is 116 cm³/mol. The van der Waals surface area contributed by atoms with Crippen molar-refractivity contribution in [2.45, 2.75) is 63.7 Å². The maximum Gasteiger partial charge on any atom is 0.145 e. The van der Waals surface area contributed by atoms with Crippen LogP contribution in [0.3, 0.4) is 0 Å². The van der Waals surface area contributed by atoms with Crippen LogP contribution in [0, 0.1) is 11.3 Å². The highest BCUT2D eigenvalue weighted by molar-refractivity contribution is 8.01. The van der Waals surface area contributed by atoms with Gasteiger partial charge in [-0.15, -0.1) is 11.8 Å². The normalized spacial score (nSPS) is 31.4. The molecule has 152 valence electrons. The van der Waals surface area contributed by atoms with Gasteiger partial charge in [-0.3, -0.25) is 0 Å². The second kappa shape index (κ2) is 8.52. The molecule has 0 bridgehead atoms. The molecular weight excluding hydrogens is 378 g/mol. The van der Waals surface area contributed by atoms with Crippen LogP contribution in [0.5, 0.6) is 5.75 Å². The number of hydrogen-bond acceptors (Lipinski definition) is 4. The minimum atomic E-state index is -0.315. The molecular formula is C22H34ClNO2S. The first kappa shape index (κ1) is 21.3. The van der Waals surface area contributed by atoms with Gasteiger partial charge in [0.15, 0.2) is 0 Å². The average molecular weight is 412 g/mol. The third-order valence-corrected chi connectivity index (χ3v) is 7.63. The number of ether oxygens (including phenoxy) is 2. The highest BCUT2D eigenvalue weighted by Gasteiger charge is 2.46. The van der Waals surface area contributed by atoms with Crippen molar-refractivity contribution in [3.8, 4) is 5.75 Å². The van der Waals surface area contributed by atoms with E-state index in [2.05, 4.69) is 39.5 Å². The molecule has 0 radical (unpaired) electrons. The molecule has 2 saturated heterocycles. The number of likely N-dealkylation sites (tertiary alicyclic amines) is 1. The molecule has 0 saturated carbocycles. The molecule has 3 nitrogen and oxygen atoms in total. The second-order valence-electron chi connectivity index (χ2n) is 9.36. The van der Waals surface area contributed by atoms with Crippen molar-refractivity contribution in [3.63, 3.8) is 0 Å². The molecule has 3 atom stereocenters. The van der Waals surface area contributed by atoms with Crippen LogP contribution in [0.25, 0.3) is 0 Å². The van der Waals surface area contributed by atoms with Gasteiger partial charge in [-0.25, -0.2) is 0 Å². The molecule has 0 amide bonds. The Labute approximate surface area is 174 Å². The zero-order valence-corrected chi connectivity index (χ0v) is 18.9. The Morgan fingerprint density at radius 3 is 2.59 bits per heavy atom. The monoisotopic (exact) mass is 411 g/mol. The van der Waals surface area contributed by atoms with E-state index in [0.29, 0.717) is 23.2 Å². The summed E-state index contributed by atoms with van der Waals surface area (Å²) in [4.78, 5) is 2.29. The number of thioether (sulfide) groups is 1. The van der Waals surface area contributed by atoms with Crippen LogP contribution in [0.1, 0.15) is 47.5 Å². The van der Waals surface area contributed by atoms with Gasteiger partial charge in [-0.2, -0.15) is 0 Å². The fraction of sp³-hybridized carbons (Fsp3) is 0.727. The molecule has 2 heterocycles. The topological polar surface area (TPSA) is 21.7 Å². The first-order chi connectivity index (χ1) is 12.7. The van der Waals surface area contributed by atoms with E-state index in [4.69, 9.17) is 21.1 Å². The number of piperidine rings is 1. The quantitative estimate of drug-likeness (QED) is 0.597. The SMILES string of the molecule is CC(C)C1SC(C)(COc2ccc(Cl)cc2)OC1CN1CCCC(C)(C)C1. The van der Waals surface area contributed by atoms with Crippen molar-refractivity contribution in [1.82, 2.24) is 4.90 Å². The lowest BCUT2D eigenvalue weighted by Gasteiger charge is -2.39. The average Bonchev–Trinajstić information content (AvgIpc) is 2.91. The van der Waals surface area contributed by atoms with Crippen molar-refractivity contribution in [1.29, 1.82) is 0 Å². The summed E-state index contributed by atoms with van der Waals surface area (Å²) in [6.07, 6.45) is 2.86. The molecule has 2 aliphatic heterocycles. The summed E-state index contributed by atoms with van der Waals surface area (Å²) < 4.78 is 12.6. The third-order valence-electron chi connectivity index (χ3n) is 5.54. The zero-order valence-electron chi connectivity index (χ0n) is 17.3. The standard InChI is InChI=1S/C22H34ClNO2S/c1-16(2)20-19(13-24-12-6-11-21(3,4)14-24)26-22(5,27-20)15-25-18-9-7-17(23)8-10-18/h7-10,16,19-20H,6,11-15H2,1-5H3. The van der Waals surface area contributed by atoms with E-state index in [-0.39, 0.29) is 11.0 Å². The summed E-state index contributed by atoms with van der Waals surface area (Å²) in [5.74, 6) is 1.42. The fourth-order valence-electron chi connectivity index (χ4n) is 4.25. The highest BCUT2D eigenvalue weighted by Crippen LogP contribution is 2.45. The van der Waals surface area contributed by atoms with Crippen LogP contribution in [-0.4, -0.2) is 47.4 Å². The number of hydrogen-bond donors (Lipinski definition) is 0. The molecule has 1 aromatic rings. The summed E-state index contributed by atoms with van der Waals surface area (Å²) in [5.41, 5.74) is 0.415. The minimum Gasteiger partial charge on any atom is -0.490 e. The Bertz CT molecular complexity index is 621. The van der Waals surface area contributed by atoms with Crippen molar-refractivity contribution in [3.05, 3.63) is 29.3 Å². The van der Waals surface area contributed by atoms with E-state index in [1.165, 1.54) is 25.9 Å². The van der Waals surface area contributed by atoms with Gasteiger partial charge in [0.2, 0.25) is 0 Å². The Kier molecular flexibility index (Phi) is 6.72. The summed E-state index contributed by atoms with van der Waals surface area (Å²) >= 11 is 7.90. The van der Waals surface area contributed by atoms with E-state index in [0.717, 1.165) is 17.3 Å². The van der Waals surface area contributed by atoms with Crippen molar-refractivity contribution in [2.24, 2.45) is 11.3 Å². The molecule has 0 aromatic heterocycles. The van der Waals surface area contributed by atoms with Gasteiger partial charge in [-0.1, -0.05) is 39.3 Å². The molecule has 2 aliphatic rings. The van der Waals surface area contributed by atoms with Crippen LogP contribution in [-0.2, 0) is 4.74 Å². The van der Waals surface area contributed by atoms with E-state index in [1.807, 2.05) is 36.0 Å². The summed E-state index contributed by atoms with van der Waals surface area (Å²) in [5, 5.41) is 1.22. The lowest BCUT2D eigenvalue weighted by atomic mass is 9.84. The van der Waals surface area contributed by atoms with Crippen LogP contribution < -0.4 is 4.74 Å². The number of benzene rings is 1. The van der Waals surface area contributed by atoms with Gasteiger partial charge in [0.25, 0.3) is 0 Å². The zero-order chi connectivity index (χ0) is 19.7. The lowest BCUT2D eigenvalue weighted by Crippen LogP contribution is -2.46. The lowest BCUT2D eigenvalue weighted by molar-refractivity contribution is -0.0517. The Balaban J connectivity index is 1.61. The number of halogens is 1. The van der Waals surface area contributed by atoms with Gasteiger partial charge in [0, 0.05) is 23.4 Å². The highest BCUT2D eigenvalue weighted by atomic mass is 35.5. The van der Waals surface area contributed by atoms with Gasteiger partial charge >= 0.3 is 0 Å². The van der Waals surface area contributed by atoms with Crippen molar-refractivity contribution < 1.29 is 9.47 Å². The fourth-order valence-corrected chi connectivity index (χ4v) is 5.83. The molecule has 3 rings (SSSR count). The summed E-state index contributed by atoms with van der Waals surface area (Å²) in [6, 6.07) is 7.55. The Morgan fingerprint density at radius 1 is 1.26 bits per heavy atom. The largest absolute Gasteiger partial charge is 0.490 e. The third kappa shape index (κ3) is 5.79. The summed E-state index contributed by atoms with van der Waals surface area (Å²) in [6.45, 7) is 15.5. The molecule has 27 heavy (non-hydrogen) atoms. The van der Waals surface area contributed by atoms with Crippen LogP contribution in [0.2, 0.25) is 5.02 Å². The van der Waals surface area contributed by atoms with Crippen LogP contribution in [0.4, 0.5) is 0 Å². The molecule has 2 fully saturated rings. The van der Waals surface area contributed by atoms with Gasteiger partial charge in [-0.05, 0) is 61.9 Å². The van der Waals surface area contributed by atoms with Gasteiger partial charge in [0.1, 0.15) is 17.3 Å². The maximum atomic E-state index is 6.61. The first-order valence-corrected chi connectivity index (χ1v) is 11.4. The number of nitrogens with zero attached hydrogens (tertiary/aromatic N) is 1. The summed E-state index contributed by atoms with van der Waals surface area (Å²) in [7, 11) is 0. The van der Waals surface area contributed by atoms with E-state index < -0.39 is 0 Å². The maximum absolute atomic E-state index is 6.61. The Morgan fingerprint density at radius 2 is 1.96 bits per heavy atom. The van der Waals surface area contributed by atoms with Gasteiger partial charge in [0.05, 0.1) is 6.10 Å². The first-order valence-electron chi connectivity index (χ1n) is 10.1.